The third kappa shape index (κ3) is 2.79. The number of halogens is 2. The number of fused-ring (bicyclic) bond motifs is 1. The molecule has 6 nitrogen and oxygen atoms in total. The van der Waals surface area contributed by atoms with E-state index in [0.717, 1.165) is 5.56 Å². The lowest BCUT2D eigenvalue weighted by Gasteiger charge is -2.06. The normalized spacial score (nSPS) is 14.7. The maximum absolute atomic E-state index is 9.72. The second-order valence-electron chi connectivity index (χ2n) is 5.39. The molecule has 2 heterocycles. The van der Waals surface area contributed by atoms with Crippen LogP contribution in [0.25, 0.3) is 0 Å². The van der Waals surface area contributed by atoms with E-state index >= 15 is 0 Å². The van der Waals surface area contributed by atoms with E-state index in [-0.39, 0.29) is 15.8 Å². The van der Waals surface area contributed by atoms with Gasteiger partial charge in [0.15, 0.2) is 11.6 Å². The first-order valence-corrected chi connectivity index (χ1v) is 8.14. The molecule has 8 heteroatoms. The molecule has 3 aromatic rings. The van der Waals surface area contributed by atoms with E-state index in [2.05, 4.69) is 20.1 Å². The van der Waals surface area contributed by atoms with Crippen molar-refractivity contribution in [2.24, 2.45) is 9.98 Å². The summed E-state index contributed by atoms with van der Waals surface area (Å²) in [6, 6.07) is 12.7. The van der Waals surface area contributed by atoms with Crippen molar-refractivity contribution in [3.63, 3.8) is 0 Å². The zero-order valence-electron chi connectivity index (χ0n) is 13.0. The van der Waals surface area contributed by atoms with Gasteiger partial charge in [-0.25, -0.2) is 9.98 Å². The molecule has 25 heavy (non-hydrogen) atoms. The van der Waals surface area contributed by atoms with Gasteiger partial charge in [-0.05, 0) is 19.1 Å². The number of aryl methyl sites for hydroxylation is 1. The predicted molar refractivity (Wildman–Crippen MR) is 98.0 cm³/mol. The Morgan fingerprint density at radius 1 is 1.08 bits per heavy atom. The van der Waals surface area contributed by atoms with Gasteiger partial charge in [-0.1, -0.05) is 53.5 Å². The number of aromatic hydroxyl groups is 1. The molecule has 0 atom stereocenters. The fraction of sp³-hybridized carbons (Fsp3) is 0.0588. The van der Waals surface area contributed by atoms with Crippen LogP contribution in [0.3, 0.4) is 0 Å². The third-order valence-corrected chi connectivity index (χ3v) is 4.18. The van der Waals surface area contributed by atoms with E-state index in [1.165, 1.54) is 12.1 Å². The van der Waals surface area contributed by atoms with Crippen molar-refractivity contribution >= 4 is 46.4 Å². The number of benzene rings is 2. The number of rotatable bonds is 2. The summed E-state index contributed by atoms with van der Waals surface area (Å²) < 4.78 is 1.58. The highest BCUT2D eigenvalue weighted by atomic mass is 35.5. The van der Waals surface area contributed by atoms with Gasteiger partial charge in [-0.2, -0.15) is 9.67 Å². The number of phenols is 1. The maximum Gasteiger partial charge on any atom is 0.255 e. The van der Waals surface area contributed by atoms with Gasteiger partial charge in [0.2, 0.25) is 0 Å². The fourth-order valence-electron chi connectivity index (χ4n) is 2.50. The van der Waals surface area contributed by atoms with Crippen LogP contribution in [-0.4, -0.2) is 31.4 Å². The average Bonchev–Trinajstić information content (AvgIpc) is 3.11. The summed E-state index contributed by atoms with van der Waals surface area (Å²) in [5.41, 5.74) is 2.02. The van der Waals surface area contributed by atoms with Crippen LogP contribution in [0.2, 0.25) is 10.0 Å². The highest BCUT2D eigenvalue weighted by Gasteiger charge is 2.26. The van der Waals surface area contributed by atoms with Crippen LogP contribution in [0, 0.1) is 6.92 Å². The number of hydrogen-bond acceptors (Lipinski definition) is 5. The monoisotopic (exact) mass is 371 g/mol. The number of aliphatic imine (C=N–C) groups is 2. The number of nitrogens with zero attached hydrogens (tertiary/aromatic N) is 5. The van der Waals surface area contributed by atoms with E-state index in [0.29, 0.717) is 29.0 Å². The van der Waals surface area contributed by atoms with E-state index in [1.54, 1.807) is 11.6 Å². The minimum absolute atomic E-state index is 0.123. The van der Waals surface area contributed by atoms with Gasteiger partial charge in [0, 0.05) is 5.56 Å². The smallest absolute Gasteiger partial charge is 0.255 e. The third-order valence-electron chi connectivity index (χ3n) is 3.60. The first-order valence-electron chi connectivity index (χ1n) is 7.38. The fourth-order valence-corrected chi connectivity index (χ4v) is 2.97. The second-order valence-corrected chi connectivity index (χ2v) is 6.21. The van der Waals surface area contributed by atoms with E-state index in [1.807, 2.05) is 30.3 Å². The van der Waals surface area contributed by atoms with Crippen LogP contribution in [0.1, 0.15) is 11.4 Å². The van der Waals surface area contributed by atoms with Gasteiger partial charge >= 0.3 is 0 Å². The van der Waals surface area contributed by atoms with Gasteiger partial charge in [0.1, 0.15) is 11.5 Å². The van der Waals surface area contributed by atoms with Crippen molar-refractivity contribution in [3.05, 3.63) is 63.9 Å². The van der Waals surface area contributed by atoms with Crippen molar-refractivity contribution in [3.8, 4) is 5.75 Å². The predicted octanol–water partition coefficient (Wildman–Crippen LogP) is 4.31. The molecule has 0 radical (unpaired) electrons. The van der Waals surface area contributed by atoms with Crippen LogP contribution in [0.15, 0.2) is 52.4 Å². The zero-order chi connectivity index (χ0) is 17.6. The molecule has 0 fully saturated rings. The molecule has 0 saturated heterocycles. The van der Waals surface area contributed by atoms with Gasteiger partial charge in [-0.15, -0.1) is 5.10 Å². The van der Waals surface area contributed by atoms with E-state index in [9.17, 15) is 5.11 Å². The molecule has 0 unspecified atom stereocenters. The van der Waals surface area contributed by atoms with Gasteiger partial charge in [0.05, 0.1) is 15.7 Å². The van der Waals surface area contributed by atoms with Crippen molar-refractivity contribution in [1.82, 2.24) is 14.8 Å². The van der Waals surface area contributed by atoms with Crippen molar-refractivity contribution in [1.29, 1.82) is 0 Å². The quantitative estimate of drug-likeness (QED) is 0.728. The van der Waals surface area contributed by atoms with Crippen LogP contribution in [0.4, 0.5) is 11.6 Å². The lowest BCUT2D eigenvalue weighted by atomic mass is 10.1. The molecule has 2 aromatic carbocycles. The van der Waals surface area contributed by atoms with Crippen LogP contribution < -0.4 is 0 Å². The standard InChI is InChI=1S/C17H11Cl2N5O/c1-9-20-17-22-14(10-5-3-2-4-6-10)16(24(17)23-9)21-11-7-12(18)15(25)13(19)8-11/h2-8,25H,1H3/b21-16-. The summed E-state index contributed by atoms with van der Waals surface area (Å²) in [6.45, 7) is 1.79. The second kappa shape index (κ2) is 5.98. The Balaban J connectivity index is 1.89. The average molecular weight is 372 g/mol. The van der Waals surface area contributed by atoms with Crippen LogP contribution in [0.5, 0.6) is 5.75 Å². The molecule has 1 aromatic heterocycles. The Hall–Kier alpha value is -2.70. The molecule has 0 bridgehead atoms. The Morgan fingerprint density at radius 3 is 2.44 bits per heavy atom. The summed E-state index contributed by atoms with van der Waals surface area (Å²) in [5.74, 6) is 1.40. The summed E-state index contributed by atoms with van der Waals surface area (Å²) in [4.78, 5) is 13.4. The van der Waals surface area contributed by atoms with E-state index < -0.39 is 0 Å². The molecule has 1 N–H and O–H groups in total. The number of aromatic nitrogens is 3. The van der Waals surface area contributed by atoms with Crippen molar-refractivity contribution in [2.75, 3.05) is 0 Å². The first-order chi connectivity index (χ1) is 12.0. The molecule has 0 spiro atoms. The first kappa shape index (κ1) is 15.8. The van der Waals surface area contributed by atoms with Crippen molar-refractivity contribution in [2.45, 2.75) is 6.92 Å². The summed E-state index contributed by atoms with van der Waals surface area (Å²) in [6.07, 6.45) is 0. The Labute approximate surface area is 153 Å². The molecular formula is C17H11Cl2N5O. The van der Waals surface area contributed by atoms with Crippen molar-refractivity contribution < 1.29 is 5.11 Å². The zero-order valence-corrected chi connectivity index (χ0v) is 14.5. The van der Waals surface area contributed by atoms with Gasteiger partial charge in [0.25, 0.3) is 5.95 Å². The summed E-state index contributed by atoms with van der Waals surface area (Å²) >= 11 is 12.0. The molecule has 0 saturated carbocycles. The topological polar surface area (TPSA) is 75.7 Å². The van der Waals surface area contributed by atoms with Crippen LogP contribution >= 0.6 is 23.2 Å². The Kier molecular flexibility index (Phi) is 3.78. The maximum atomic E-state index is 9.72. The van der Waals surface area contributed by atoms with E-state index in [4.69, 9.17) is 23.2 Å². The lowest BCUT2D eigenvalue weighted by Crippen LogP contribution is -2.20. The van der Waals surface area contributed by atoms with Gasteiger partial charge in [-0.3, -0.25) is 0 Å². The highest BCUT2D eigenvalue weighted by molar-refractivity contribution is 6.50. The Morgan fingerprint density at radius 2 is 1.76 bits per heavy atom. The summed E-state index contributed by atoms with van der Waals surface area (Å²) in [5, 5.41) is 14.3. The minimum atomic E-state index is -0.173. The van der Waals surface area contributed by atoms with Gasteiger partial charge < -0.3 is 5.11 Å². The molecule has 124 valence electrons. The molecular weight excluding hydrogens is 361 g/mol. The van der Waals surface area contributed by atoms with Crippen LogP contribution in [-0.2, 0) is 0 Å². The lowest BCUT2D eigenvalue weighted by molar-refractivity contribution is 0.476. The highest BCUT2D eigenvalue weighted by Crippen LogP contribution is 2.36. The SMILES string of the molecule is Cc1nc2n(n1)/C(=N\c1cc(Cl)c(O)c(Cl)c1)C(c1ccccc1)=N2. The largest absolute Gasteiger partial charge is 0.505 e. The molecule has 0 aliphatic carbocycles. The number of phenolic OH excluding ortho intramolecular Hbond substituents is 1. The molecule has 4 rings (SSSR count). The molecule has 0 amide bonds. The molecule has 1 aliphatic heterocycles. The minimum Gasteiger partial charge on any atom is -0.505 e. The Bertz CT molecular complexity index is 1020. The molecule has 1 aliphatic rings. The number of hydrogen-bond donors (Lipinski definition) is 1. The summed E-state index contributed by atoms with van der Waals surface area (Å²) in [7, 11) is 0.